The first-order valence-electron chi connectivity index (χ1n) is 6.54. The molecule has 0 bridgehead atoms. The normalized spacial score (nSPS) is 14.2. The predicted octanol–water partition coefficient (Wildman–Crippen LogP) is 0.880. The third-order valence-corrected chi connectivity index (χ3v) is 3.23. The van der Waals surface area contributed by atoms with E-state index in [1.54, 1.807) is 25.2 Å². The van der Waals surface area contributed by atoms with Crippen LogP contribution in [0.5, 0.6) is 0 Å². The van der Waals surface area contributed by atoms with E-state index in [1.165, 1.54) is 0 Å². The lowest BCUT2D eigenvalue weighted by atomic mass is 10.0. The van der Waals surface area contributed by atoms with Crippen molar-refractivity contribution >= 4 is 5.91 Å². The predicted molar refractivity (Wildman–Crippen MR) is 76.6 cm³/mol. The third kappa shape index (κ3) is 4.29. The van der Waals surface area contributed by atoms with Crippen LogP contribution in [0.4, 0.5) is 0 Å². The molecule has 0 saturated heterocycles. The average Bonchev–Trinajstić information content (AvgIpc) is 2.39. The first kappa shape index (κ1) is 15.6. The van der Waals surface area contributed by atoms with Gasteiger partial charge in [0.2, 0.25) is 5.91 Å². The Morgan fingerprint density at radius 1 is 1.37 bits per heavy atom. The highest BCUT2D eigenvalue weighted by atomic mass is 16.2. The summed E-state index contributed by atoms with van der Waals surface area (Å²) in [6.07, 6.45) is 2.59. The SMILES string of the molecule is CCC(N)C(c1ccccn1)N(C)CC(=O)N(C)C. The summed E-state index contributed by atoms with van der Waals surface area (Å²) in [5.74, 6) is 0.0618. The summed E-state index contributed by atoms with van der Waals surface area (Å²) in [7, 11) is 5.42. The van der Waals surface area contributed by atoms with Crippen molar-refractivity contribution in [1.29, 1.82) is 0 Å². The summed E-state index contributed by atoms with van der Waals surface area (Å²) >= 11 is 0. The van der Waals surface area contributed by atoms with Crippen molar-refractivity contribution in [2.24, 2.45) is 5.73 Å². The molecule has 0 radical (unpaired) electrons. The van der Waals surface area contributed by atoms with Crippen LogP contribution < -0.4 is 5.73 Å². The fourth-order valence-electron chi connectivity index (χ4n) is 2.00. The van der Waals surface area contributed by atoms with Gasteiger partial charge >= 0.3 is 0 Å². The Bertz CT molecular complexity index is 394. The zero-order valence-electron chi connectivity index (χ0n) is 12.2. The van der Waals surface area contributed by atoms with Gasteiger partial charge in [-0.2, -0.15) is 0 Å². The number of hydrogen-bond donors (Lipinski definition) is 1. The van der Waals surface area contributed by atoms with Gasteiger partial charge in [0.15, 0.2) is 0 Å². The number of likely N-dealkylation sites (N-methyl/N-ethyl adjacent to an activating group) is 2. The number of carbonyl (C=O) groups excluding carboxylic acids is 1. The van der Waals surface area contributed by atoms with Gasteiger partial charge in [0.25, 0.3) is 0 Å². The summed E-state index contributed by atoms with van der Waals surface area (Å²) in [6, 6.07) is 5.68. The molecule has 5 heteroatoms. The average molecular weight is 264 g/mol. The van der Waals surface area contributed by atoms with Gasteiger partial charge < -0.3 is 10.6 Å². The second-order valence-corrected chi connectivity index (χ2v) is 4.97. The van der Waals surface area contributed by atoms with E-state index in [2.05, 4.69) is 4.98 Å². The Balaban J connectivity index is 2.89. The molecule has 2 unspecified atom stereocenters. The summed E-state index contributed by atoms with van der Waals surface area (Å²) < 4.78 is 0. The van der Waals surface area contributed by atoms with Gasteiger partial charge in [-0.15, -0.1) is 0 Å². The third-order valence-electron chi connectivity index (χ3n) is 3.23. The second kappa shape index (κ2) is 7.21. The molecular weight excluding hydrogens is 240 g/mol. The number of nitrogens with two attached hydrogens (primary N) is 1. The topological polar surface area (TPSA) is 62.5 Å². The van der Waals surface area contributed by atoms with Crippen LogP contribution in [0.1, 0.15) is 25.1 Å². The molecule has 5 nitrogen and oxygen atoms in total. The van der Waals surface area contributed by atoms with E-state index in [1.807, 2.05) is 37.1 Å². The Morgan fingerprint density at radius 3 is 2.53 bits per heavy atom. The molecule has 1 aromatic rings. The van der Waals surface area contributed by atoms with Crippen LogP contribution in [0.3, 0.4) is 0 Å². The van der Waals surface area contributed by atoms with Crippen LogP contribution in [0.25, 0.3) is 0 Å². The Kier molecular flexibility index (Phi) is 5.92. The van der Waals surface area contributed by atoms with Crippen LogP contribution in [0, 0.1) is 0 Å². The smallest absolute Gasteiger partial charge is 0.236 e. The summed E-state index contributed by atoms with van der Waals surface area (Å²) in [5.41, 5.74) is 7.10. The molecule has 1 aromatic heterocycles. The molecule has 0 aliphatic heterocycles. The molecule has 0 fully saturated rings. The lowest BCUT2D eigenvalue weighted by molar-refractivity contribution is -0.130. The number of hydrogen-bond acceptors (Lipinski definition) is 4. The van der Waals surface area contributed by atoms with Crippen molar-refractivity contribution in [3.63, 3.8) is 0 Å². The van der Waals surface area contributed by atoms with E-state index in [0.717, 1.165) is 12.1 Å². The molecule has 1 rings (SSSR count). The first-order valence-corrected chi connectivity index (χ1v) is 6.54. The summed E-state index contributed by atoms with van der Waals surface area (Å²) in [5, 5.41) is 0. The van der Waals surface area contributed by atoms with Crippen LogP contribution in [-0.4, -0.2) is 54.4 Å². The van der Waals surface area contributed by atoms with Gasteiger partial charge in [-0.3, -0.25) is 14.7 Å². The molecule has 0 spiro atoms. The quantitative estimate of drug-likeness (QED) is 0.828. The van der Waals surface area contributed by atoms with Gasteiger partial charge in [-0.1, -0.05) is 13.0 Å². The summed E-state index contributed by atoms with van der Waals surface area (Å²) in [4.78, 5) is 19.8. The zero-order valence-corrected chi connectivity index (χ0v) is 12.2. The van der Waals surface area contributed by atoms with Gasteiger partial charge in [0, 0.05) is 26.3 Å². The maximum atomic E-state index is 11.8. The fourth-order valence-corrected chi connectivity index (χ4v) is 2.00. The van der Waals surface area contributed by atoms with E-state index < -0.39 is 0 Å². The molecule has 19 heavy (non-hydrogen) atoms. The minimum Gasteiger partial charge on any atom is -0.348 e. The molecule has 2 atom stereocenters. The molecule has 0 aliphatic rings. The maximum absolute atomic E-state index is 11.8. The highest BCUT2D eigenvalue weighted by Gasteiger charge is 2.25. The number of rotatable bonds is 6. The molecule has 0 saturated carbocycles. The minimum atomic E-state index is -0.0464. The van der Waals surface area contributed by atoms with E-state index >= 15 is 0 Å². The fraction of sp³-hybridized carbons (Fsp3) is 0.571. The molecular formula is C14H24N4O. The standard InChI is InChI=1S/C14H24N4O/c1-5-11(15)14(12-8-6-7-9-16-12)18(4)10-13(19)17(2)3/h6-9,11,14H,5,10,15H2,1-4H3. The highest BCUT2D eigenvalue weighted by molar-refractivity contribution is 5.77. The molecule has 1 amide bonds. The van der Waals surface area contributed by atoms with E-state index in [9.17, 15) is 4.79 Å². The Hall–Kier alpha value is -1.46. The van der Waals surface area contributed by atoms with Crippen molar-refractivity contribution < 1.29 is 4.79 Å². The number of pyridine rings is 1. The van der Waals surface area contributed by atoms with E-state index in [4.69, 9.17) is 5.73 Å². The van der Waals surface area contributed by atoms with E-state index in [0.29, 0.717) is 6.54 Å². The highest BCUT2D eigenvalue weighted by Crippen LogP contribution is 2.21. The number of nitrogens with zero attached hydrogens (tertiary/aromatic N) is 3. The first-order chi connectivity index (χ1) is 8.97. The molecule has 0 aromatic carbocycles. The second-order valence-electron chi connectivity index (χ2n) is 4.97. The van der Waals surface area contributed by atoms with Crippen LogP contribution in [0.15, 0.2) is 24.4 Å². The lowest BCUT2D eigenvalue weighted by Gasteiger charge is -2.32. The monoisotopic (exact) mass is 264 g/mol. The van der Waals surface area contributed by atoms with Crippen molar-refractivity contribution in [2.45, 2.75) is 25.4 Å². The molecule has 1 heterocycles. The van der Waals surface area contributed by atoms with Gasteiger partial charge in [0.1, 0.15) is 0 Å². The number of amides is 1. The Morgan fingerprint density at radius 2 is 2.05 bits per heavy atom. The Labute approximate surface area is 115 Å². The van der Waals surface area contributed by atoms with Crippen LogP contribution in [-0.2, 0) is 4.79 Å². The van der Waals surface area contributed by atoms with Crippen molar-refractivity contribution in [1.82, 2.24) is 14.8 Å². The zero-order chi connectivity index (χ0) is 14.4. The largest absolute Gasteiger partial charge is 0.348 e. The lowest BCUT2D eigenvalue weighted by Crippen LogP contribution is -2.43. The molecule has 2 N–H and O–H groups in total. The summed E-state index contributed by atoms with van der Waals surface area (Å²) in [6.45, 7) is 2.38. The van der Waals surface area contributed by atoms with Gasteiger partial charge in [-0.05, 0) is 25.6 Å². The van der Waals surface area contributed by atoms with Crippen molar-refractivity contribution in [2.75, 3.05) is 27.7 Å². The molecule has 106 valence electrons. The maximum Gasteiger partial charge on any atom is 0.236 e. The minimum absolute atomic E-state index is 0.0462. The number of aromatic nitrogens is 1. The number of carbonyl (C=O) groups is 1. The van der Waals surface area contributed by atoms with Crippen molar-refractivity contribution in [3.05, 3.63) is 30.1 Å². The van der Waals surface area contributed by atoms with Gasteiger partial charge in [-0.25, -0.2) is 0 Å². The van der Waals surface area contributed by atoms with Crippen LogP contribution in [0.2, 0.25) is 0 Å². The van der Waals surface area contributed by atoms with E-state index in [-0.39, 0.29) is 18.0 Å². The van der Waals surface area contributed by atoms with Gasteiger partial charge in [0.05, 0.1) is 18.3 Å². The van der Waals surface area contributed by atoms with Crippen molar-refractivity contribution in [3.8, 4) is 0 Å². The van der Waals surface area contributed by atoms with Crippen LogP contribution >= 0.6 is 0 Å². The molecule has 0 aliphatic carbocycles.